The van der Waals surface area contributed by atoms with E-state index in [1.54, 1.807) is 35.2 Å². The summed E-state index contributed by atoms with van der Waals surface area (Å²) in [6.07, 6.45) is 0. The van der Waals surface area contributed by atoms with Crippen molar-refractivity contribution in [3.05, 3.63) is 77.3 Å². The molecule has 3 aromatic carbocycles. The van der Waals surface area contributed by atoms with Crippen molar-refractivity contribution in [2.24, 2.45) is 0 Å². The molecule has 1 aliphatic heterocycles. The number of phenols is 1. The van der Waals surface area contributed by atoms with Crippen LogP contribution in [0.4, 0.5) is 11.4 Å². The number of para-hydroxylation sites is 2. The average Bonchev–Trinajstić information content (AvgIpc) is 2.84. The predicted molar refractivity (Wildman–Crippen MR) is 131 cm³/mol. The third-order valence-electron chi connectivity index (χ3n) is 5.59. The number of amides is 1. The largest absolute Gasteiger partial charge is 0.506 e. The fourth-order valence-electron chi connectivity index (χ4n) is 3.82. The van der Waals surface area contributed by atoms with Crippen LogP contribution in [0, 0.1) is 0 Å². The molecule has 0 aromatic heterocycles. The Morgan fingerprint density at radius 1 is 1.00 bits per heavy atom. The van der Waals surface area contributed by atoms with Crippen molar-refractivity contribution in [3.63, 3.8) is 0 Å². The van der Waals surface area contributed by atoms with Crippen LogP contribution in [0.3, 0.4) is 0 Å². The van der Waals surface area contributed by atoms with E-state index in [1.165, 1.54) is 31.4 Å². The number of methoxy groups -OCH3 is 1. The molecule has 178 valence electrons. The van der Waals surface area contributed by atoms with E-state index in [0.717, 1.165) is 5.69 Å². The fraction of sp³-hybridized carbons (Fsp3) is 0.208. The molecular formula is C24H24ClN3O5S. The summed E-state index contributed by atoms with van der Waals surface area (Å²) in [4.78, 5) is 16.7. The molecule has 0 saturated carbocycles. The number of ether oxygens (including phenoxy) is 1. The Hall–Kier alpha value is -3.43. The van der Waals surface area contributed by atoms with Crippen LogP contribution in [0.5, 0.6) is 11.5 Å². The first-order chi connectivity index (χ1) is 16.3. The summed E-state index contributed by atoms with van der Waals surface area (Å²) in [6, 6.07) is 17.6. The molecule has 3 aromatic rings. The number of anilines is 2. The minimum absolute atomic E-state index is 0.0479. The van der Waals surface area contributed by atoms with Gasteiger partial charge in [-0.15, -0.1) is 0 Å². The highest BCUT2D eigenvalue weighted by molar-refractivity contribution is 7.92. The van der Waals surface area contributed by atoms with Gasteiger partial charge < -0.3 is 19.6 Å². The lowest BCUT2D eigenvalue weighted by Gasteiger charge is -2.36. The second-order valence-corrected chi connectivity index (χ2v) is 9.86. The second-order valence-electron chi connectivity index (χ2n) is 7.75. The topological polar surface area (TPSA) is 99.2 Å². The van der Waals surface area contributed by atoms with Gasteiger partial charge in [0.1, 0.15) is 11.5 Å². The summed E-state index contributed by atoms with van der Waals surface area (Å²) in [7, 11) is -2.56. The summed E-state index contributed by atoms with van der Waals surface area (Å²) in [5.41, 5.74) is 1.20. The maximum Gasteiger partial charge on any atom is 0.262 e. The van der Waals surface area contributed by atoms with Crippen LogP contribution in [0.15, 0.2) is 71.6 Å². The molecule has 0 atom stereocenters. The number of rotatable bonds is 6. The minimum atomic E-state index is -3.99. The normalized spacial score (nSPS) is 14.1. The summed E-state index contributed by atoms with van der Waals surface area (Å²) < 4.78 is 33.7. The Morgan fingerprint density at radius 3 is 2.44 bits per heavy atom. The zero-order valence-electron chi connectivity index (χ0n) is 18.4. The van der Waals surface area contributed by atoms with Gasteiger partial charge in [-0.2, -0.15) is 0 Å². The van der Waals surface area contributed by atoms with Crippen molar-refractivity contribution >= 4 is 38.9 Å². The zero-order valence-corrected chi connectivity index (χ0v) is 20.0. The number of phenolic OH excluding ortho intramolecular Hbond substituents is 1. The van der Waals surface area contributed by atoms with Crippen LogP contribution in [0.25, 0.3) is 0 Å². The van der Waals surface area contributed by atoms with Gasteiger partial charge in [0, 0.05) is 36.8 Å². The van der Waals surface area contributed by atoms with Crippen molar-refractivity contribution in [1.82, 2.24) is 4.90 Å². The smallest absolute Gasteiger partial charge is 0.262 e. The van der Waals surface area contributed by atoms with Crippen LogP contribution in [-0.2, 0) is 10.0 Å². The van der Waals surface area contributed by atoms with Crippen LogP contribution in [-0.4, -0.2) is 57.6 Å². The van der Waals surface area contributed by atoms with Gasteiger partial charge in [0.05, 0.1) is 23.4 Å². The monoisotopic (exact) mass is 501 g/mol. The SMILES string of the molecule is COc1ccc(Cl)cc1NS(=O)(=O)c1cccc(C(=O)N2CCN(c3ccccc3O)CC2)c1. The van der Waals surface area contributed by atoms with Crippen LogP contribution < -0.4 is 14.4 Å². The number of sulfonamides is 1. The van der Waals surface area contributed by atoms with Gasteiger partial charge in [-0.3, -0.25) is 9.52 Å². The van der Waals surface area contributed by atoms with Crippen LogP contribution in [0.1, 0.15) is 10.4 Å². The Labute approximate surface area is 203 Å². The van der Waals surface area contributed by atoms with E-state index < -0.39 is 10.0 Å². The Kier molecular flexibility index (Phi) is 6.85. The Morgan fingerprint density at radius 2 is 1.74 bits per heavy atom. The number of hydrogen-bond acceptors (Lipinski definition) is 6. The molecule has 2 N–H and O–H groups in total. The van der Waals surface area contributed by atoms with Gasteiger partial charge in [-0.05, 0) is 48.5 Å². The molecule has 1 saturated heterocycles. The van der Waals surface area contributed by atoms with Gasteiger partial charge in [0.25, 0.3) is 15.9 Å². The van der Waals surface area contributed by atoms with E-state index in [2.05, 4.69) is 4.72 Å². The van der Waals surface area contributed by atoms with Gasteiger partial charge in [-0.25, -0.2) is 8.42 Å². The Bertz CT molecular complexity index is 1310. The maximum atomic E-state index is 13.1. The molecular weight excluding hydrogens is 478 g/mol. The molecule has 0 radical (unpaired) electrons. The highest BCUT2D eigenvalue weighted by Crippen LogP contribution is 2.30. The molecule has 8 nitrogen and oxygen atoms in total. The number of carbonyl (C=O) groups is 1. The van der Waals surface area contributed by atoms with Crippen molar-refractivity contribution in [3.8, 4) is 11.5 Å². The summed E-state index contributed by atoms with van der Waals surface area (Å²) in [5.74, 6) is 0.265. The molecule has 0 unspecified atom stereocenters. The van der Waals surface area contributed by atoms with Crippen molar-refractivity contribution in [1.29, 1.82) is 0 Å². The van der Waals surface area contributed by atoms with Gasteiger partial charge in [0.2, 0.25) is 0 Å². The highest BCUT2D eigenvalue weighted by atomic mass is 35.5. The lowest BCUT2D eigenvalue weighted by Crippen LogP contribution is -2.48. The fourth-order valence-corrected chi connectivity index (χ4v) is 5.10. The second kappa shape index (κ2) is 9.82. The lowest BCUT2D eigenvalue weighted by atomic mass is 10.1. The minimum Gasteiger partial charge on any atom is -0.506 e. The van der Waals surface area contributed by atoms with E-state index >= 15 is 0 Å². The highest BCUT2D eigenvalue weighted by Gasteiger charge is 2.25. The van der Waals surface area contributed by atoms with Crippen LogP contribution in [0.2, 0.25) is 5.02 Å². The van der Waals surface area contributed by atoms with Crippen molar-refractivity contribution < 1.29 is 23.1 Å². The number of benzene rings is 3. The Balaban J connectivity index is 1.49. The van der Waals surface area contributed by atoms with E-state index in [1.807, 2.05) is 17.0 Å². The quantitative estimate of drug-likeness (QED) is 0.533. The van der Waals surface area contributed by atoms with E-state index in [0.29, 0.717) is 37.0 Å². The maximum absolute atomic E-state index is 13.1. The number of piperazine rings is 1. The first-order valence-corrected chi connectivity index (χ1v) is 12.4. The van der Waals surface area contributed by atoms with Crippen molar-refractivity contribution in [2.45, 2.75) is 4.90 Å². The third-order valence-corrected chi connectivity index (χ3v) is 7.18. The summed E-state index contributed by atoms with van der Waals surface area (Å²) in [6.45, 7) is 2.00. The molecule has 10 heteroatoms. The number of nitrogens with one attached hydrogen (secondary N) is 1. The molecule has 0 aliphatic carbocycles. The number of aromatic hydroxyl groups is 1. The molecule has 34 heavy (non-hydrogen) atoms. The number of carbonyl (C=O) groups excluding carboxylic acids is 1. The lowest BCUT2D eigenvalue weighted by molar-refractivity contribution is 0.0746. The summed E-state index contributed by atoms with van der Waals surface area (Å²) in [5, 5.41) is 10.4. The first kappa shape index (κ1) is 23.7. The van der Waals surface area contributed by atoms with Gasteiger partial charge in [0.15, 0.2) is 0 Å². The van der Waals surface area contributed by atoms with Gasteiger partial charge >= 0.3 is 0 Å². The number of nitrogens with zero attached hydrogens (tertiary/aromatic N) is 2. The zero-order chi connectivity index (χ0) is 24.3. The van der Waals surface area contributed by atoms with E-state index in [4.69, 9.17) is 16.3 Å². The standard InChI is InChI=1S/C24H24ClN3O5S/c1-33-23-10-9-18(25)16-20(23)26-34(31,32)19-6-4-5-17(15-19)24(30)28-13-11-27(12-14-28)21-7-2-3-8-22(21)29/h2-10,15-16,26,29H,11-14H2,1H3. The van der Waals surface area contributed by atoms with Crippen LogP contribution >= 0.6 is 11.6 Å². The average molecular weight is 502 g/mol. The molecule has 1 heterocycles. The molecule has 1 aliphatic rings. The molecule has 0 spiro atoms. The molecule has 1 amide bonds. The number of halogens is 1. The van der Waals surface area contributed by atoms with E-state index in [-0.39, 0.29) is 27.8 Å². The molecule has 4 rings (SSSR count). The number of hydrogen-bond donors (Lipinski definition) is 2. The summed E-state index contributed by atoms with van der Waals surface area (Å²) >= 11 is 6.00. The van der Waals surface area contributed by atoms with Gasteiger partial charge in [-0.1, -0.05) is 29.8 Å². The predicted octanol–water partition coefficient (Wildman–Crippen LogP) is 3.82. The van der Waals surface area contributed by atoms with Crippen molar-refractivity contribution in [2.75, 3.05) is 42.9 Å². The first-order valence-electron chi connectivity index (χ1n) is 10.6. The molecule has 1 fully saturated rings. The third kappa shape index (κ3) is 5.05. The molecule has 0 bridgehead atoms. The van der Waals surface area contributed by atoms with E-state index in [9.17, 15) is 18.3 Å².